The lowest BCUT2D eigenvalue weighted by atomic mass is 9.89. The van der Waals surface area contributed by atoms with E-state index in [1.807, 2.05) is 24.3 Å². The molecule has 0 unspecified atom stereocenters. The van der Waals surface area contributed by atoms with Crippen LogP contribution in [0.5, 0.6) is 0 Å². The number of anilines is 1. The van der Waals surface area contributed by atoms with E-state index >= 15 is 0 Å². The molecule has 3 aromatic rings. The molecule has 6 nitrogen and oxygen atoms in total. The molecule has 0 radical (unpaired) electrons. The van der Waals surface area contributed by atoms with Crippen molar-refractivity contribution >= 4 is 33.1 Å². The van der Waals surface area contributed by atoms with Crippen LogP contribution in [-0.2, 0) is 24.2 Å². The number of amides is 1. The Labute approximate surface area is 167 Å². The van der Waals surface area contributed by atoms with E-state index in [-0.39, 0.29) is 23.9 Å². The van der Waals surface area contributed by atoms with Crippen LogP contribution in [0.25, 0.3) is 10.2 Å². The Bertz CT molecular complexity index is 1100. The molecule has 2 aromatic heterocycles. The van der Waals surface area contributed by atoms with Gasteiger partial charge in [-0.25, -0.2) is 4.68 Å². The number of aromatic nitrogens is 3. The highest BCUT2D eigenvalue weighted by atomic mass is 32.1. The molecule has 1 aliphatic carbocycles. The van der Waals surface area contributed by atoms with Crippen molar-refractivity contribution in [3.8, 4) is 0 Å². The summed E-state index contributed by atoms with van der Waals surface area (Å²) in [6.45, 7) is 6.25. The maximum Gasteiger partial charge on any atom is 0.279 e. The van der Waals surface area contributed by atoms with Crippen LogP contribution >= 0.6 is 11.3 Å². The van der Waals surface area contributed by atoms with Crippen LogP contribution in [0.15, 0.2) is 29.1 Å². The number of nitrogens with one attached hydrogen (secondary N) is 1. The number of hydrogen-bond acceptors (Lipinski definition) is 5. The summed E-state index contributed by atoms with van der Waals surface area (Å²) in [6.07, 6.45) is 2.96. The third kappa shape index (κ3) is 3.46. The molecule has 1 N–H and O–H groups in total. The van der Waals surface area contributed by atoms with E-state index in [1.165, 1.54) is 9.56 Å². The first-order valence-corrected chi connectivity index (χ1v) is 10.5. The molecule has 1 atom stereocenters. The molecule has 4 rings (SSSR count). The minimum Gasteiger partial charge on any atom is -0.324 e. The predicted molar refractivity (Wildman–Crippen MR) is 112 cm³/mol. The normalized spacial score (nSPS) is 16.4. The van der Waals surface area contributed by atoms with Gasteiger partial charge in [-0.05, 0) is 48.3 Å². The summed E-state index contributed by atoms with van der Waals surface area (Å²) < 4.78 is 1.18. The molecule has 7 heteroatoms. The average molecular weight is 397 g/mol. The van der Waals surface area contributed by atoms with Crippen molar-refractivity contribution in [2.45, 2.75) is 52.5 Å². The third-order valence-electron chi connectivity index (χ3n) is 5.34. The average Bonchev–Trinajstić information content (AvgIpc) is 3.02. The first kappa shape index (κ1) is 18.8. The molecular weight excluding hydrogens is 372 g/mol. The van der Waals surface area contributed by atoms with Gasteiger partial charge in [-0.15, -0.1) is 16.4 Å². The molecule has 146 valence electrons. The standard InChI is InChI=1S/C21H24N4O2S/c1-12(2)14-6-4-5-7-16(14)22-18(26)11-25-21(27)19-15-9-8-13(3)10-17(15)28-20(19)23-24-25/h4-7,12-13H,8-11H2,1-3H3,(H,22,26)/t13-/m1/s1. The summed E-state index contributed by atoms with van der Waals surface area (Å²) in [5, 5.41) is 11.8. The van der Waals surface area contributed by atoms with E-state index in [2.05, 4.69) is 36.4 Å². The van der Waals surface area contributed by atoms with Crippen molar-refractivity contribution in [2.75, 3.05) is 5.32 Å². The van der Waals surface area contributed by atoms with Gasteiger partial charge in [-0.1, -0.05) is 44.2 Å². The van der Waals surface area contributed by atoms with Gasteiger partial charge in [0.2, 0.25) is 5.91 Å². The van der Waals surface area contributed by atoms with Crippen molar-refractivity contribution in [2.24, 2.45) is 5.92 Å². The summed E-state index contributed by atoms with van der Waals surface area (Å²) >= 11 is 1.57. The van der Waals surface area contributed by atoms with Crippen molar-refractivity contribution in [1.82, 2.24) is 15.0 Å². The summed E-state index contributed by atoms with van der Waals surface area (Å²) in [7, 11) is 0. The van der Waals surface area contributed by atoms with Gasteiger partial charge in [0.15, 0.2) is 4.83 Å². The van der Waals surface area contributed by atoms with Crippen LogP contribution in [0.4, 0.5) is 5.69 Å². The van der Waals surface area contributed by atoms with E-state index < -0.39 is 0 Å². The van der Waals surface area contributed by atoms with Gasteiger partial charge >= 0.3 is 0 Å². The Morgan fingerprint density at radius 1 is 1.36 bits per heavy atom. The molecule has 0 saturated carbocycles. The smallest absolute Gasteiger partial charge is 0.279 e. The highest BCUT2D eigenvalue weighted by molar-refractivity contribution is 7.18. The number of hydrogen-bond donors (Lipinski definition) is 1. The van der Waals surface area contributed by atoms with Crippen LogP contribution in [0.3, 0.4) is 0 Å². The number of fused-ring (bicyclic) bond motifs is 3. The van der Waals surface area contributed by atoms with Gasteiger partial charge in [0.05, 0.1) is 5.39 Å². The maximum absolute atomic E-state index is 13.0. The second-order valence-corrected chi connectivity index (χ2v) is 8.96. The van der Waals surface area contributed by atoms with Crippen LogP contribution < -0.4 is 10.9 Å². The molecule has 0 fully saturated rings. The molecule has 1 aromatic carbocycles. The zero-order valence-electron chi connectivity index (χ0n) is 16.4. The van der Waals surface area contributed by atoms with E-state index in [0.717, 1.165) is 36.1 Å². The fraction of sp³-hybridized carbons (Fsp3) is 0.429. The lowest BCUT2D eigenvalue weighted by molar-refractivity contribution is -0.117. The first-order valence-electron chi connectivity index (χ1n) is 9.71. The van der Waals surface area contributed by atoms with Crippen molar-refractivity contribution in [1.29, 1.82) is 0 Å². The van der Waals surface area contributed by atoms with Crippen LogP contribution in [0.1, 0.15) is 49.1 Å². The highest BCUT2D eigenvalue weighted by Crippen LogP contribution is 2.35. The zero-order chi connectivity index (χ0) is 19.8. The second-order valence-electron chi connectivity index (χ2n) is 7.87. The van der Waals surface area contributed by atoms with Gasteiger partial charge in [0, 0.05) is 10.6 Å². The third-order valence-corrected chi connectivity index (χ3v) is 6.47. The van der Waals surface area contributed by atoms with Crippen LogP contribution in [0, 0.1) is 5.92 Å². The van der Waals surface area contributed by atoms with Crippen LogP contribution in [-0.4, -0.2) is 20.9 Å². The molecule has 0 bridgehead atoms. The number of carbonyl (C=O) groups excluding carboxylic acids is 1. The van der Waals surface area contributed by atoms with Crippen molar-refractivity contribution < 1.29 is 4.79 Å². The fourth-order valence-corrected chi connectivity index (χ4v) is 5.15. The predicted octanol–water partition coefficient (Wildman–Crippen LogP) is 3.74. The SMILES string of the molecule is CC(C)c1ccccc1NC(=O)Cn1nnc2sc3c(c2c1=O)CC[C@@H](C)C3. The van der Waals surface area contributed by atoms with Gasteiger partial charge in [0.25, 0.3) is 5.56 Å². The Morgan fingerprint density at radius 3 is 2.93 bits per heavy atom. The van der Waals surface area contributed by atoms with Gasteiger partial charge in [-0.2, -0.15) is 0 Å². The van der Waals surface area contributed by atoms with Gasteiger partial charge in [-0.3, -0.25) is 9.59 Å². The number of aryl methyl sites for hydroxylation is 1. The molecule has 1 amide bonds. The number of benzene rings is 1. The Balaban J connectivity index is 1.61. The summed E-state index contributed by atoms with van der Waals surface area (Å²) in [5.74, 6) is 0.638. The Hall–Kier alpha value is -2.54. The quantitative estimate of drug-likeness (QED) is 0.729. The first-order chi connectivity index (χ1) is 13.4. The molecule has 0 aliphatic heterocycles. The number of thiophene rings is 1. The Kier molecular flexibility index (Phi) is 5.02. The summed E-state index contributed by atoms with van der Waals surface area (Å²) in [5.41, 5.74) is 2.72. The minimum atomic E-state index is -0.276. The highest BCUT2D eigenvalue weighted by Gasteiger charge is 2.24. The largest absolute Gasteiger partial charge is 0.324 e. The number of rotatable bonds is 4. The summed E-state index contributed by atoms with van der Waals surface area (Å²) in [6, 6.07) is 7.71. The van der Waals surface area contributed by atoms with E-state index in [4.69, 9.17) is 0 Å². The molecule has 0 spiro atoms. The van der Waals surface area contributed by atoms with Gasteiger partial charge < -0.3 is 5.32 Å². The lowest BCUT2D eigenvalue weighted by Gasteiger charge is -2.17. The van der Waals surface area contributed by atoms with E-state index in [1.54, 1.807) is 11.3 Å². The molecular formula is C21H24N4O2S. The fourth-order valence-electron chi connectivity index (χ4n) is 3.84. The van der Waals surface area contributed by atoms with Crippen molar-refractivity contribution in [3.05, 3.63) is 50.6 Å². The van der Waals surface area contributed by atoms with E-state index in [0.29, 0.717) is 16.1 Å². The second kappa shape index (κ2) is 7.47. The lowest BCUT2D eigenvalue weighted by Crippen LogP contribution is -2.31. The van der Waals surface area contributed by atoms with Crippen LogP contribution in [0.2, 0.25) is 0 Å². The molecule has 28 heavy (non-hydrogen) atoms. The number of para-hydroxylation sites is 1. The molecule has 1 aliphatic rings. The number of nitrogens with zero attached hydrogens (tertiary/aromatic N) is 3. The monoisotopic (exact) mass is 396 g/mol. The number of carbonyl (C=O) groups is 1. The zero-order valence-corrected chi connectivity index (χ0v) is 17.2. The Morgan fingerprint density at radius 2 is 2.14 bits per heavy atom. The molecule has 0 saturated heterocycles. The maximum atomic E-state index is 13.0. The minimum absolute atomic E-state index is 0.144. The van der Waals surface area contributed by atoms with Gasteiger partial charge in [0.1, 0.15) is 6.54 Å². The summed E-state index contributed by atoms with van der Waals surface area (Å²) in [4.78, 5) is 27.5. The van der Waals surface area contributed by atoms with E-state index in [9.17, 15) is 9.59 Å². The topological polar surface area (TPSA) is 76.9 Å². The van der Waals surface area contributed by atoms with Crippen molar-refractivity contribution in [3.63, 3.8) is 0 Å². The molecule has 2 heterocycles.